The van der Waals surface area contributed by atoms with Crippen molar-refractivity contribution in [1.82, 2.24) is 9.80 Å². The highest BCUT2D eigenvalue weighted by Crippen LogP contribution is 2.21. The minimum Gasteiger partial charge on any atom is -0.344 e. The molecule has 0 saturated carbocycles. The van der Waals surface area contributed by atoms with Crippen molar-refractivity contribution >= 4 is 30.7 Å². The van der Waals surface area contributed by atoms with Crippen LogP contribution in [0.1, 0.15) is 29.2 Å². The predicted octanol–water partition coefficient (Wildman–Crippen LogP) is 3.82. The number of benzene rings is 2. The van der Waals surface area contributed by atoms with Crippen LogP contribution in [0.25, 0.3) is 0 Å². The van der Waals surface area contributed by atoms with Gasteiger partial charge in [0.25, 0.3) is 0 Å². The lowest BCUT2D eigenvalue weighted by Crippen LogP contribution is -2.39. The fraction of sp³-hybridized carbons (Fsp3) is 0.409. The molecule has 0 spiro atoms. The molecule has 2 unspecified atom stereocenters. The molecule has 0 bridgehead atoms. The number of hydrogen-bond acceptors (Lipinski definition) is 3. The van der Waals surface area contributed by atoms with Crippen molar-refractivity contribution in [2.45, 2.75) is 25.9 Å². The van der Waals surface area contributed by atoms with Crippen molar-refractivity contribution in [3.8, 4) is 0 Å². The molecule has 2 atom stereocenters. The average molecular weight is 424 g/mol. The van der Waals surface area contributed by atoms with E-state index in [1.807, 2.05) is 44.3 Å². The van der Waals surface area contributed by atoms with Gasteiger partial charge >= 0.3 is 0 Å². The minimum absolute atomic E-state index is 0. The van der Waals surface area contributed by atoms with Crippen LogP contribution in [0.2, 0.25) is 0 Å². The van der Waals surface area contributed by atoms with Crippen LogP contribution in [-0.4, -0.2) is 42.4 Å². The zero-order valence-electron chi connectivity index (χ0n) is 16.6. The van der Waals surface area contributed by atoms with Gasteiger partial charge in [-0.05, 0) is 36.9 Å². The van der Waals surface area contributed by atoms with Gasteiger partial charge in [-0.3, -0.25) is 9.69 Å². The Morgan fingerprint density at radius 1 is 1.14 bits per heavy atom. The van der Waals surface area contributed by atoms with E-state index in [0.717, 1.165) is 38.2 Å². The van der Waals surface area contributed by atoms with E-state index in [9.17, 15) is 4.79 Å². The second kappa shape index (κ2) is 11.4. The van der Waals surface area contributed by atoms with Crippen molar-refractivity contribution in [2.24, 2.45) is 11.7 Å². The number of nitrogens with zero attached hydrogens (tertiary/aromatic N) is 2. The van der Waals surface area contributed by atoms with Gasteiger partial charge in [-0.25, -0.2) is 0 Å². The van der Waals surface area contributed by atoms with E-state index in [2.05, 4.69) is 29.2 Å². The lowest BCUT2D eigenvalue weighted by molar-refractivity contribution is -0.132. The van der Waals surface area contributed by atoms with Crippen molar-refractivity contribution in [3.63, 3.8) is 0 Å². The summed E-state index contributed by atoms with van der Waals surface area (Å²) in [4.78, 5) is 17.0. The maximum atomic E-state index is 12.7. The SMILES string of the molecule is Cc1ccc(C(N)C(=O)N(C)CC2CCN(Cc3ccccc3)C2)cc1.Cl.Cl. The zero-order chi connectivity index (χ0) is 18.5. The van der Waals surface area contributed by atoms with Crippen molar-refractivity contribution in [2.75, 3.05) is 26.7 Å². The lowest BCUT2D eigenvalue weighted by atomic mass is 10.0. The smallest absolute Gasteiger partial charge is 0.243 e. The van der Waals surface area contributed by atoms with E-state index < -0.39 is 6.04 Å². The number of hydrogen-bond donors (Lipinski definition) is 1. The number of carbonyl (C=O) groups excluding carboxylic acids is 1. The normalized spacial score (nSPS) is 17.3. The Balaban J connectivity index is 0.00000196. The Hall–Kier alpha value is -1.59. The maximum Gasteiger partial charge on any atom is 0.243 e. The molecule has 1 heterocycles. The summed E-state index contributed by atoms with van der Waals surface area (Å²) in [6, 6.07) is 17.9. The average Bonchev–Trinajstić information content (AvgIpc) is 3.08. The number of carbonyl (C=O) groups is 1. The second-order valence-electron chi connectivity index (χ2n) is 7.48. The summed E-state index contributed by atoms with van der Waals surface area (Å²) in [5.74, 6) is 0.508. The fourth-order valence-electron chi connectivity index (χ4n) is 3.68. The van der Waals surface area contributed by atoms with E-state index in [4.69, 9.17) is 5.73 Å². The van der Waals surface area contributed by atoms with Gasteiger partial charge in [-0.2, -0.15) is 0 Å². The highest BCUT2D eigenvalue weighted by molar-refractivity contribution is 5.85. The number of likely N-dealkylation sites (N-methyl/N-ethyl adjacent to an activating group) is 1. The molecule has 6 heteroatoms. The molecule has 1 saturated heterocycles. The lowest BCUT2D eigenvalue weighted by Gasteiger charge is -2.25. The molecule has 2 N–H and O–H groups in total. The standard InChI is InChI=1S/C22H29N3O.2ClH/c1-17-8-10-20(11-9-17)21(23)22(26)24(2)14-19-12-13-25(16-19)15-18-6-4-3-5-7-18;;/h3-11,19,21H,12-16,23H2,1-2H3;2*1H. The van der Waals surface area contributed by atoms with Gasteiger partial charge in [0.05, 0.1) is 0 Å². The fourth-order valence-corrected chi connectivity index (χ4v) is 3.68. The van der Waals surface area contributed by atoms with Crippen LogP contribution in [0.3, 0.4) is 0 Å². The van der Waals surface area contributed by atoms with Crippen LogP contribution < -0.4 is 5.73 Å². The van der Waals surface area contributed by atoms with Crippen LogP contribution in [0.15, 0.2) is 54.6 Å². The topological polar surface area (TPSA) is 49.6 Å². The number of nitrogens with two attached hydrogens (primary N) is 1. The second-order valence-corrected chi connectivity index (χ2v) is 7.48. The van der Waals surface area contributed by atoms with E-state index in [-0.39, 0.29) is 30.7 Å². The first-order chi connectivity index (χ1) is 12.5. The van der Waals surface area contributed by atoms with E-state index in [1.165, 1.54) is 11.1 Å². The Morgan fingerprint density at radius 2 is 1.79 bits per heavy atom. The first kappa shape index (κ1) is 24.4. The van der Waals surface area contributed by atoms with Gasteiger partial charge in [0.1, 0.15) is 6.04 Å². The summed E-state index contributed by atoms with van der Waals surface area (Å²) in [6.45, 7) is 5.91. The Morgan fingerprint density at radius 3 is 2.43 bits per heavy atom. The zero-order valence-corrected chi connectivity index (χ0v) is 18.2. The Labute approximate surface area is 180 Å². The van der Waals surface area contributed by atoms with Gasteiger partial charge < -0.3 is 10.6 Å². The minimum atomic E-state index is -0.581. The van der Waals surface area contributed by atoms with E-state index in [1.54, 1.807) is 4.90 Å². The van der Waals surface area contributed by atoms with E-state index in [0.29, 0.717) is 5.92 Å². The predicted molar refractivity (Wildman–Crippen MR) is 120 cm³/mol. The van der Waals surface area contributed by atoms with Crippen LogP contribution in [-0.2, 0) is 11.3 Å². The number of likely N-dealkylation sites (tertiary alicyclic amines) is 1. The van der Waals surface area contributed by atoms with Crippen molar-refractivity contribution in [3.05, 3.63) is 71.3 Å². The molecule has 0 radical (unpaired) electrons. The molecular weight excluding hydrogens is 393 g/mol. The molecule has 2 aromatic carbocycles. The maximum absolute atomic E-state index is 12.7. The monoisotopic (exact) mass is 423 g/mol. The molecule has 1 aliphatic heterocycles. The van der Waals surface area contributed by atoms with Crippen LogP contribution in [0, 0.1) is 12.8 Å². The first-order valence-corrected chi connectivity index (χ1v) is 9.36. The van der Waals surface area contributed by atoms with Gasteiger partial charge in [-0.15, -0.1) is 24.8 Å². The molecule has 1 amide bonds. The summed E-state index contributed by atoms with van der Waals surface area (Å²) < 4.78 is 0. The molecule has 1 fully saturated rings. The highest BCUT2D eigenvalue weighted by atomic mass is 35.5. The molecule has 2 aromatic rings. The number of halogens is 2. The van der Waals surface area contributed by atoms with Crippen LogP contribution in [0.5, 0.6) is 0 Å². The van der Waals surface area contributed by atoms with Gasteiger partial charge in [0.15, 0.2) is 0 Å². The highest BCUT2D eigenvalue weighted by Gasteiger charge is 2.27. The van der Waals surface area contributed by atoms with Gasteiger partial charge in [0, 0.05) is 26.7 Å². The summed E-state index contributed by atoms with van der Waals surface area (Å²) in [5.41, 5.74) is 9.59. The molecule has 0 aromatic heterocycles. The Bertz CT molecular complexity index is 724. The van der Waals surface area contributed by atoms with Crippen LogP contribution in [0.4, 0.5) is 0 Å². The third-order valence-electron chi connectivity index (χ3n) is 5.23. The number of aryl methyl sites for hydroxylation is 1. The molecule has 4 nitrogen and oxygen atoms in total. The molecule has 3 rings (SSSR count). The number of amides is 1. The summed E-state index contributed by atoms with van der Waals surface area (Å²) in [5, 5.41) is 0. The van der Waals surface area contributed by atoms with Crippen molar-refractivity contribution < 1.29 is 4.79 Å². The Kier molecular flexibility index (Phi) is 9.97. The van der Waals surface area contributed by atoms with Gasteiger partial charge in [0.2, 0.25) is 5.91 Å². The third kappa shape index (κ3) is 6.49. The third-order valence-corrected chi connectivity index (χ3v) is 5.23. The quantitative estimate of drug-likeness (QED) is 0.767. The largest absolute Gasteiger partial charge is 0.344 e. The molecule has 0 aliphatic carbocycles. The van der Waals surface area contributed by atoms with Crippen molar-refractivity contribution in [1.29, 1.82) is 0 Å². The molecule has 28 heavy (non-hydrogen) atoms. The molecular formula is C22H31Cl2N3O. The first-order valence-electron chi connectivity index (χ1n) is 9.36. The van der Waals surface area contributed by atoms with Gasteiger partial charge in [-0.1, -0.05) is 60.2 Å². The summed E-state index contributed by atoms with van der Waals surface area (Å²) in [7, 11) is 1.87. The summed E-state index contributed by atoms with van der Waals surface area (Å²) in [6.07, 6.45) is 1.13. The molecule has 1 aliphatic rings. The number of rotatable bonds is 6. The summed E-state index contributed by atoms with van der Waals surface area (Å²) >= 11 is 0. The molecule has 154 valence electrons. The van der Waals surface area contributed by atoms with Crippen LogP contribution >= 0.6 is 24.8 Å². The van der Waals surface area contributed by atoms with E-state index >= 15 is 0 Å².